The molecule has 0 aromatic carbocycles. The van der Waals surface area contributed by atoms with Crippen molar-refractivity contribution in [3.63, 3.8) is 0 Å². The summed E-state index contributed by atoms with van der Waals surface area (Å²) in [7, 11) is 0. The van der Waals surface area contributed by atoms with Crippen LogP contribution in [0, 0.1) is 11.8 Å². The lowest BCUT2D eigenvalue weighted by atomic mass is 9.86. The molecule has 4 saturated heterocycles. The number of fused-ring (bicyclic) bond motifs is 4. The van der Waals surface area contributed by atoms with Gasteiger partial charge in [-0.3, -0.25) is 4.79 Å². The van der Waals surface area contributed by atoms with Gasteiger partial charge in [-0.1, -0.05) is 6.92 Å². The molecule has 0 aromatic heterocycles. The van der Waals surface area contributed by atoms with Crippen molar-refractivity contribution in [2.24, 2.45) is 11.8 Å². The van der Waals surface area contributed by atoms with Gasteiger partial charge >= 0.3 is 5.97 Å². The normalized spacial score (nSPS) is 46.9. The van der Waals surface area contributed by atoms with Gasteiger partial charge in [-0.2, -0.15) is 0 Å². The predicted molar refractivity (Wildman–Crippen MR) is 57.0 cm³/mol. The number of hydrogen-bond donors (Lipinski definition) is 0. The smallest absolute Gasteiger partial charge is 0.314 e. The first-order valence-corrected chi connectivity index (χ1v) is 6.23. The molecule has 0 aromatic rings. The van der Waals surface area contributed by atoms with E-state index in [0.717, 1.165) is 12.8 Å². The van der Waals surface area contributed by atoms with Crippen molar-refractivity contribution >= 4 is 5.97 Å². The minimum atomic E-state index is -0.807. The third kappa shape index (κ3) is 1.86. The van der Waals surface area contributed by atoms with E-state index in [4.69, 9.17) is 18.9 Å². The minimum absolute atomic E-state index is 0.173. The summed E-state index contributed by atoms with van der Waals surface area (Å²) in [6.45, 7) is 5.02. The van der Waals surface area contributed by atoms with E-state index in [2.05, 4.69) is 6.92 Å². The number of ether oxygens (including phenoxy) is 4. The van der Waals surface area contributed by atoms with Gasteiger partial charge in [-0.15, -0.1) is 0 Å². The summed E-state index contributed by atoms with van der Waals surface area (Å²) >= 11 is 0. The fourth-order valence-corrected chi connectivity index (χ4v) is 2.93. The Morgan fingerprint density at radius 2 is 2.00 bits per heavy atom. The molecule has 4 rings (SSSR count). The second kappa shape index (κ2) is 3.93. The first kappa shape index (κ1) is 11.4. The van der Waals surface area contributed by atoms with Crippen LogP contribution in [0.15, 0.2) is 0 Å². The van der Waals surface area contributed by atoms with Crippen molar-refractivity contribution in [3.8, 4) is 0 Å². The van der Waals surface area contributed by atoms with E-state index in [1.165, 1.54) is 0 Å². The van der Waals surface area contributed by atoms with Crippen LogP contribution in [0.5, 0.6) is 0 Å². The molecule has 4 atom stereocenters. The van der Waals surface area contributed by atoms with Gasteiger partial charge in [0.25, 0.3) is 0 Å². The van der Waals surface area contributed by atoms with Crippen LogP contribution < -0.4 is 0 Å². The number of esters is 1. The van der Waals surface area contributed by atoms with Crippen LogP contribution >= 0.6 is 0 Å². The summed E-state index contributed by atoms with van der Waals surface area (Å²) in [6, 6.07) is 0. The maximum atomic E-state index is 12.0. The lowest BCUT2D eigenvalue weighted by Gasteiger charge is -2.40. The van der Waals surface area contributed by atoms with E-state index in [-0.39, 0.29) is 23.9 Å². The maximum absolute atomic E-state index is 12.0. The molecule has 0 N–H and O–H groups in total. The number of carbonyl (C=O) groups is 1. The van der Waals surface area contributed by atoms with Gasteiger partial charge in [-0.25, -0.2) is 0 Å². The molecule has 96 valence electrons. The molecule has 0 aliphatic carbocycles. The van der Waals surface area contributed by atoms with Crippen molar-refractivity contribution in [3.05, 3.63) is 0 Å². The Labute approximate surface area is 100 Å². The summed E-state index contributed by atoms with van der Waals surface area (Å²) in [5.74, 6) is -1.01. The van der Waals surface area contributed by atoms with Gasteiger partial charge in [0, 0.05) is 13.3 Å². The standard InChI is InChI=1S/C12H18O5/c1-7-3-4-12(2)16-9(8(7)10(13)17-12)11-14-5-6-15-11/h7-9,11H,3-6H2,1-2H3/t7-,8-,9+,12+/m0/s1. The van der Waals surface area contributed by atoms with Crippen LogP contribution in [-0.2, 0) is 23.7 Å². The molecule has 4 aliphatic rings. The Morgan fingerprint density at radius 1 is 1.29 bits per heavy atom. The minimum Gasteiger partial charge on any atom is -0.433 e. The predicted octanol–water partition coefficient (Wildman–Crippen LogP) is 1.06. The summed E-state index contributed by atoms with van der Waals surface area (Å²) in [4.78, 5) is 12.0. The Morgan fingerprint density at radius 3 is 2.71 bits per heavy atom. The summed E-state index contributed by atoms with van der Waals surface area (Å²) in [6.07, 6.45) is 0.907. The molecule has 5 nitrogen and oxygen atoms in total. The van der Waals surface area contributed by atoms with Gasteiger partial charge in [0.05, 0.1) is 19.1 Å². The van der Waals surface area contributed by atoms with Crippen molar-refractivity contribution in [1.82, 2.24) is 0 Å². The molecule has 0 radical (unpaired) electrons. The third-order valence-electron chi connectivity index (χ3n) is 3.91. The van der Waals surface area contributed by atoms with Crippen molar-refractivity contribution in [2.75, 3.05) is 13.2 Å². The zero-order valence-electron chi connectivity index (χ0n) is 10.2. The molecule has 4 aliphatic heterocycles. The summed E-state index contributed by atoms with van der Waals surface area (Å²) in [5, 5.41) is 0. The van der Waals surface area contributed by atoms with Crippen LogP contribution in [0.1, 0.15) is 26.7 Å². The SMILES string of the molecule is C[C@H]1CC[C@@]2(C)OC(=O)[C@@H]1[C@H](C1OCCO1)O2. The third-order valence-corrected chi connectivity index (χ3v) is 3.91. The highest BCUT2D eigenvalue weighted by Gasteiger charge is 2.54. The van der Waals surface area contributed by atoms with Crippen LogP contribution in [0.25, 0.3) is 0 Å². The Balaban J connectivity index is 1.90. The Kier molecular flexibility index (Phi) is 2.65. The van der Waals surface area contributed by atoms with Crippen LogP contribution in [0.4, 0.5) is 0 Å². The maximum Gasteiger partial charge on any atom is 0.314 e. The van der Waals surface area contributed by atoms with E-state index >= 15 is 0 Å². The fourth-order valence-electron chi connectivity index (χ4n) is 2.93. The van der Waals surface area contributed by atoms with Crippen molar-refractivity contribution in [1.29, 1.82) is 0 Å². The number of carbonyl (C=O) groups excluding carboxylic acids is 1. The van der Waals surface area contributed by atoms with E-state index in [0.29, 0.717) is 13.2 Å². The molecule has 0 spiro atoms. The zero-order valence-corrected chi connectivity index (χ0v) is 10.2. The van der Waals surface area contributed by atoms with Gasteiger partial charge in [0.2, 0.25) is 5.79 Å². The van der Waals surface area contributed by atoms with E-state index in [1.807, 2.05) is 6.92 Å². The molecule has 17 heavy (non-hydrogen) atoms. The molecule has 4 fully saturated rings. The highest BCUT2D eigenvalue weighted by Crippen LogP contribution is 2.43. The van der Waals surface area contributed by atoms with Crippen molar-refractivity contribution in [2.45, 2.75) is 44.9 Å². The lowest BCUT2D eigenvalue weighted by Crippen LogP contribution is -2.53. The lowest BCUT2D eigenvalue weighted by molar-refractivity contribution is -0.306. The van der Waals surface area contributed by atoms with E-state index < -0.39 is 12.1 Å². The van der Waals surface area contributed by atoms with Gasteiger partial charge in [0.1, 0.15) is 6.10 Å². The van der Waals surface area contributed by atoms with Gasteiger partial charge < -0.3 is 18.9 Å². The van der Waals surface area contributed by atoms with E-state index in [1.54, 1.807) is 0 Å². The Bertz CT molecular complexity index is 325. The second-order valence-corrected chi connectivity index (χ2v) is 5.29. The molecule has 0 saturated carbocycles. The highest BCUT2D eigenvalue weighted by atomic mass is 16.8. The van der Waals surface area contributed by atoms with Crippen LogP contribution in [-0.4, -0.2) is 37.4 Å². The molecular formula is C12H18O5. The highest BCUT2D eigenvalue weighted by molar-refractivity contribution is 5.75. The average molecular weight is 242 g/mol. The molecular weight excluding hydrogens is 224 g/mol. The monoisotopic (exact) mass is 242 g/mol. The molecule has 0 amide bonds. The Hall–Kier alpha value is -0.650. The molecule has 5 heteroatoms. The first-order valence-electron chi connectivity index (χ1n) is 6.23. The second-order valence-electron chi connectivity index (χ2n) is 5.29. The van der Waals surface area contributed by atoms with Crippen molar-refractivity contribution < 1.29 is 23.7 Å². The van der Waals surface area contributed by atoms with Gasteiger partial charge in [-0.05, 0) is 12.3 Å². The summed E-state index contributed by atoms with van der Waals surface area (Å²) in [5.41, 5.74) is 0. The van der Waals surface area contributed by atoms with Crippen LogP contribution in [0.3, 0.4) is 0 Å². The van der Waals surface area contributed by atoms with Crippen LogP contribution in [0.2, 0.25) is 0 Å². The molecule has 4 heterocycles. The summed E-state index contributed by atoms with van der Waals surface area (Å²) < 4.78 is 22.3. The number of hydrogen-bond acceptors (Lipinski definition) is 5. The fraction of sp³-hybridized carbons (Fsp3) is 0.917. The van der Waals surface area contributed by atoms with Gasteiger partial charge in [0.15, 0.2) is 6.29 Å². The first-order chi connectivity index (χ1) is 8.09. The average Bonchev–Trinajstić information content (AvgIpc) is 2.72. The number of rotatable bonds is 1. The molecule has 0 unspecified atom stereocenters. The largest absolute Gasteiger partial charge is 0.433 e. The molecule has 2 bridgehead atoms. The topological polar surface area (TPSA) is 54.0 Å². The van der Waals surface area contributed by atoms with E-state index in [9.17, 15) is 4.79 Å². The zero-order chi connectivity index (χ0) is 12.0. The quantitative estimate of drug-likeness (QED) is 0.644.